The Hall–Kier alpha value is -2.27. The van der Waals surface area contributed by atoms with Gasteiger partial charge in [0.15, 0.2) is 5.65 Å². The van der Waals surface area contributed by atoms with E-state index in [0.717, 1.165) is 36.5 Å². The van der Waals surface area contributed by atoms with Crippen LogP contribution in [0.1, 0.15) is 18.4 Å². The number of piperidine rings is 1. The van der Waals surface area contributed by atoms with E-state index in [-0.39, 0.29) is 0 Å². The van der Waals surface area contributed by atoms with Crippen LogP contribution in [0.5, 0.6) is 0 Å². The number of benzene rings is 1. The molecule has 1 aliphatic heterocycles. The molecule has 1 aliphatic rings. The standard InChI is InChI=1S/C18H19FN4/c19-16-8-10-22(11-9-16)12-14-4-6-15(7-5-14)17-2-1-3-18-20-13-21-23(17)18/h1-7,13,16H,8-12H2. The molecule has 3 heterocycles. The predicted octanol–water partition coefficient (Wildman–Crippen LogP) is 3.33. The fourth-order valence-corrected chi connectivity index (χ4v) is 3.16. The number of aromatic nitrogens is 3. The first-order chi connectivity index (χ1) is 11.3. The van der Waals surface area contributed by atoms with Gasteiger partial charge in [-0.2, -0.15) is 5.10 Å². The molecule has 0 bridgehead atoms. The molecular weight excluding hydrogens is 291 g/mol. The second-order valence-electron chi connectivity index (χ2n) is 6.09. The van der Waals surface area contributed by atoms with Gasteiger partial charge in [0.1, 0.15) is 12.5 Å². The van der Waals surface area contributed by atoms with Crippen LogP contribution in [0.3, 0.4) is 0 Å². The lowest BCUT2D eigenvalue weighted by atomic mass is 10.1. The Morgan fingerprint density at radius 1 is 1.04 bits per heavy atom. The molecule has 5 heteroatoms. The maximum Gasteiger partial charge on any atom is 0.155 e. The fourth-order valence-electron chi connectivity index (χ4n) is 3.16. The maximum absolute atomic E-state index is 13.2. The molecular formula is C18H19FN4. The minimum absolute atomic E-state index is 0.614. The van der Waals surface area contributed by atoms with Crippen LogP contribution in [-0.2, 0) is 6.54 Å². The minimum Gasteiger partial charge on any atom is -0.299 e. The van der Waals surface area contributed by atoms with Crippen molar-refractivity contribution in [2.24, 2.45) is 0 Å². The van der Waals surface area contributed by atoms with E-state index >= 15 is 0 Å². The second-order valence-corrected chi connectivity index (χ2v) is 6.09. The Morgan fingerprint density at radius 2 is 1.83 bits per heavy atom. The van der Waals surface area contributed by atoms with Gasteiger partial charge in [0.2, 0.25) is 0 Å². The van der Waals surface area contributed by atoms with Crippen molar-refractivity contribution in [1.82, 2.24) is 19.5 Å². The van der Waals surface area contributed by atoms with Crippen molar-refractivity contribution < 1.29 is 4.39 Å². The van der Waals surface area contributed by atoms with Gasteiger partial charge in [0.05, 0.1) is 5.69 Å². The maximum atomic E-state index is 13.2. The number of hydrogen-bond donors (Lipinski definition) is 0. The van der Waals surface area contributed by atoms with Crippen molar-refractivity contribution in [2.45, 2.75) is 25.6 Å². The fraction of sp³-hybridized carbons (Fsp3) is 0.333. The van der Waals surface area contributed by atoms with Crippen LogP contribution in [0, 0.1) is 0 Å². The third kappa shape index (κ3) is 2.97. The van der Waals surface area contributed by atoms with Gasteiger partial charge in [-0.3, -0.25) is 4.90 Å². The lowest BCUT2D eigenvalue weighted by molar-refractivity contribution is 0.145. The topological polar surface area (TPSA) is 33.4 Å². The molecule has 0 spiro atoms. The summed E-state index contributed by atoms with van der Waals surface area (Å²) < 4.78 is 15.0. The van der Waals surface area contributed by atoms with Crippen molar-refractivity contribution in [3.63, 3.8) is 0 Å². The number of halogens is 1. The SMILES string of the molecule is FC1CCN(Cc2ccc(-c3cccc4ncnn34)cc2)CC1. The molecule has 1 fully saturated rings. The summed E-state index contributed by atoms with van der Waals surface area (Å²) in [5.74, 6) is 0. The van der Waals surface area contributed by atoms with Crippen molar-refractivity contribution >= 4 is 5.65 Å². The van der Waals surface area contributed by atoms with Gasteiger partial charge in [-0.25, -0.2) is 13.9 Å². The zero-order valence-corrected chi connectivity index (χ0v) is 12.9. The summed E-state index contributed by atoms with van der Waals surface area (Å²) in [5.41, 5.74) is 4.26. The monoisotopic (exact) mass is 310 g/mol. The van der Waals surface area contributed by atoms with Gasteiger partial charge in [-0.1, -0.05) is 30.3 Å². The van der Waals surface area contributed by atoms with Crippen LogP contribution < -0.4 is 0 Å². The van der Waals surface area contributed by atoms with Crippen LogP contribution >= 0.6 is 0 Å². The first-order valence-electron chi connectivity index (χ1n) is 8.04. The largest absolute Gasteiger partial charge is 0.299 e. The average molecular weight is 310 g/mol. The van der Waals surface area contributed by atoms with E-state index in [1.54, 1.807) is 6.33 Å². The first kappa shape index (κ1) is 14.3. The lowest BCUT2D eigenvalue weighted by Crippen LogP contribution is -2.33. The van der Waals surface area contributed by atoms with E-state index in [4.69, 9.17) is 0 Å². The molecule has 0 aliphatic carbocycles. The highest BCUT2D eigenvalue weighted by Crippen LogP contribution is 2.21. The van der Waals surface area contributed by atoms with Gasteiger partial charge < -0.3 is 0 Å². The second kappa shape index (κ2) is 6.08. The van der Waals surface area contributed by atoms with Crippen LogP contribution in [0.2, 0.25) is 0 Å². The number of hydrogen-bond acceptors (Lipinski definition) is 3. The summed E-state index contributed by atoms with van der Waals surface area (Å²) in [5, 5.41) is 4.28. The molecule has 0 saturated carbocycles. The van der Waals surface area contributed by atoms with Crippen molar-refractivity contribution in [3.8, 4) is 11.3 Å². The van der Waals surface area contributed by atoms with Gasteiger partial charge in [-0.15, -0.1) is 0 Å². The van der Waals surface area contributed by atoms with Crippen molar-refractivity contribution in [1.29, 1.82) is 0 Å². The van der Waals surface area contributed by atoms with Gasteiger partial charge in [-0.05, 0) is 30.5 Å². The summed E-state index contributed by atoms with van der Waals surface area (Å²) in [6.07, 6.45) is 2.28. The van der Waals surface area contributed by atoms with E-state index in [0.29, 0.717) is 12.8 Å². The minimum atomic E-state index is -0.614. The van der Waals surface area contributed by atoms with Gasteiger partial charge in [0, 0.05) is 25.2 Å². The van der Waals surface area contributed by atoms with E-state index in [1.807, 2.05) is 22.7 Å². The molecule has 0 radical (unpaired) electrons. The Bertz CT molecular complexity index is 788. The third-order valence-corrected chi connectivity index (χ3v) is 4.47. The van der Waals surface area contributed by atoms with E-state index in [1.165, 1.54) is 5.56 Å². The molecule has 0 unspecified atom stereocenters. The number of alkyl halides is 1. The summed E-state index contributed by atoms with van der Waals surface area (Å²) in [6.45, 7) is 2.59. The van der Waals surface area contributed by atoms with E-state index in [9.17, 15) is 4.39 Å². The van der Waals surface area contributed by atoms with Crippen LogP contribution in [0.25, 0.3) is 16.9 Å². The summed E-state index contributed by atoms with van der Waals surface area (Å²) in [7, 11) is 0. The third-order valence-electron chi connectivity index (χ3n) is 4.47. The zero-order chi connectivity index (χ0) is 15.6. The molecule has 0 N–H and O–H groups in total. The quantitative estimate of drug-likeness (QED) is 0.744. The molecule has 1 saturated heterocycles. The molecule has 23 heavy (non-hydrogen) atoms. The van der Waals surface area contributed by atoms with Gasteiger partial charge in [0.25, 0.3) is 0 Å². The average Bonchev–Trinajstić information content (AvgIpc) is 3.06. The number of rotatable bonds is 3. The zero-order valence-electron chi connectivity index (χ0n) is 12.9. The molecule has 0 amide bonds. The Balaban J connectivity index is 1.53. The molecule has 4 rings (SSSR count). The van der Waals surface area contributed by atoms with Crippen LogP contribution in [0.15, 0.2) is 48.8 Å². The summed E-state index contributed by atoms with van der Waals surface area (Å²) in [6, 6.07) is 14.5. The number of likely N-dealkylation sites (tertiary alicyclic amines) is 1. The van der Waals surface area contributed by atoms with E-state index in [2.05, 4.69) is 39.2 Å². The van der Waals surface area contributed by atoms with Crippen molar-refractivity contribution in [2.75, 3.05) is 13.1 Å². The molecule has 1 aromatic carbocycles. The number of nitrogens with zero attached hydrogens (tertiary/aromatic N) is 4. The molecule has 4 nitrogen and oxygen atoms in total. The summed E-state index contributed by atoms with van der Waals surface area (Å²) >= 11 is 0. The predicted molar refractivity (Wildman–Crippen MR) is 87.8 cm³/mol. The highest BCUT2D eigenvalue weighted by Gasteiger charge is 2.18. The highest BCUT2D eigenvalue weighted by molar-refractivity contribution is 5.63. The number of pyridine rings is 1. The van der Waals surface area contributed by atoms with Gasteiger partial charge >= 0.3 is 0 Å². The smallest absolute Gasteiger partial charge is 0.155 e. The van der Waals surface area contributed by atoms with Crippen LogP contribution in [-0.4, -0.2) is 38.8 Å². The Morgan fingerprint density at radius 3 is 2.61 bits per heavy atom. The highest BCUT2D eigenvalue weighted by atomic mass is 19.1. The first-order valence-corrected chi connectivity index (χ1v) is 8.04. The molecule has 2 aromatic heterocycles. The summed E-state index contributed by atoms with van der Waals surface area (Å²) in [4.78, 5) is 6.54. The van der Waals surface area contributed by atoms with Crippen LogP contribution in [0.4, 0.5) is 4.39 Å². The molecule has 118 valence electrons. The Labute approximate surface area is 134 Å². The normalized spacial score (nSPS) is 16.9. The molecule has 0 atom stereocenters. The number of fused-ring (bicyclic) bond motifs is 1. The van der Waals surface area contributed by atoms with E-state index < -0.39 is 6.17 Å². The Kier molecular flexibility index (Phi) is 3.79. The lowest BCUT2D eigenvalue weighted by Gasteiger charge is -2.28. The molecule has 3 aromatic rings. The van der Waals surface area contributed by atoms with Crippen molar-refractivity contribution in [3.05, 3.63) is 54.4 Å².